The van der Waals surface area contributed by atoms with E-state index in [9.17, 15) is 0 Å². The molecule has 0 aliphatic carbocycles. The maximum atomic E-state index is 5.41. The molecular weight excluding hydrogens is 164 g/mol. The first kappa shape index (κ1) is 12.2. The second-order valence-corrected chi connectivity index (χ2v) is 3.57. The molecule has 0 fully saturated rings. The zero-order valence-corrected chi connectivity index (χ0v) is 9.41. The average molecular weight is 186 g/mol. The molecule has 0 aromatic carbocycles. The molecule has 0 unspecified atom stereocenters. The summed E-state index contributed by atoms with van der Waals surface area (Å²) in [6, 6.07) is 0.457. The average Bonchev–Trinajstić information content (AvgIpc) is 2.04. The molecule has 0 radical (unpaired) electrons. The monoisotopic (exact) mass is 186 g/mol. The summed E-state index contributed by atoms with van der Waals surface area (Å²) in [6.07, 6.45) is 0. The van der Waals surface area contributed by atoms with Gasteiger partial charge in [0, 0.05) is 33.7 Å². The largest absolute Gasteiger partial charge is 0.349 e. The molecule has 0 aliphatic rings. The van der Waals surface area contributed by atoms with Crippen LogP contribution in [0.2, 0.25) is 0 Å². The molecule has 0 amide bonds. The van der Waals surface area contributed by atoms with E-state index in [-0.39, 0.29) is 0 Å². The van der Waals surface area contributed by atoms with E-state index in [2.05, 4.69) is 23.7 Å². The summed E-state index contributed by atoms with van der Waals surface area (Å²) in [5.74, 6) is 0.987. The van der Waals surface area contributed by atoms with Gasteiger partial charge in [-0.2, -0.15) is 0 Å². The van der Waals surface area contributed by atoms with Crippen molar-refractivity contribution in [2.24, 2.45) is 10.7 Å². The zero-order chi connectivity index (χ0) is 10.4. The zero-order valence-electron chi connectivity index (χ0n) is 9.41. The Morgan fingerprint density at radius 1 is 1.31 bits per heavy atom. The Hall–Kier alpha value is -0.770. The first-order valence-electron chi connectivity index (χ1n) is 4.65. The Kier molecular flexibility index (Phi) is 5.46. The summed E-state index contributed by atoms with van der Waals surface area (Å²) in [4.78, 5) is 8.55. The number of nitrogens with zero attached hydrogens (tertiary/aromatic N) is 3. The summed E-state index contributed by atoms with van der Waals surface area (Å²) < 4.78 is 0. The highest BCUT2D eigenvalue weighted by atomic mass is 15.4. The van der Waals surface area contributed by atoms with E-state index in [0.29, 0.717) is 19.1 Å². The van der Waals surface area contributed by atoms with E-state index >= 15 is 0 Å². The first-order valence-corrected chi connectivity index (χ1v) is 4.65. The molecule has 0 aliphatic heterocycles. The Morgan fingerprint density at radius 2 is 1.85 bits per heavy atom. The van der Waals surface area contributed by atoms with Gasteiger partial charge in [-0.25, -0.2) is 0 Å². The van der Waals surface area contributed by atoms with Crippen molar-refractivity contribution in [1.29, 1.82) is 0 Å². The van der Waals surface area contributed by atoms with Crippen LogP contribution in [0.3, 0.4) is 0 Å². The lowest BCUT2D eigenvalue weighted by Gasteiger charge is -2.29. The molecule has 0 bridgehead atoms. The third-order valence-corrected chi connectivity index (χ3v) is 1.87. The van der Waals surface area contributed by atoms with Gasteiger partial charge in [0.25, 0.3) is 0 Å². The van der Waals surface area contributed by atoms with E-state index in [1.54, 1.807) is 0 Å². The lowest BCUT2D eigenvalue weighted by Crippen LogP contribution is -2.42. The van der Waals surface area contributed by atoms with Crippen molar-refractivity contribution >= 4 is 5.96 Å². The Balaban J connectivity index is 4.41. The third-order valence-electron chi connectivity index (χ3n) is 1.87. The van der Waals surface area contributed by atoms with E-state index in [0.717, 1.165) is 5.96 Å². The van der Waals surface area contributed by atoms with Gasteiger partial charge < -0.3 is 15.5 Å². The molecule has 2 N–H and O–H groups in total. The molecule has 4 heteroatoms. The molecule has 4 nitrogen and oxygen atoms in total. The van der Waals surface area contributed by atoms with Gasteiger partial charge >= 0.3 is 0 Å². The van der Waals surface area contributed by atoms with Crippen LogP contribution in [-0.2, 0) is 0 Å². The number of aliphatic imine (C=N–C) groups is 1. The van der Waals surface area contributed by atoms with Gasteiger partial charge in [0.15, 0.2) is 5.96 Å². The van der Waals surface area contributed by atoms with Crippen LogP contribution >= 0.6 is 0 Å². The van der Waals surface area contributed by atoms with Gasteiger partial charge in [0.05, 0.1) is 6.54 Å². The van der Waals surface area contributed by atoms with Crippen LogP contribution in [0.5, 0.6) is 0 Å². The Morgan fingerprint density at radius 3 is 2.15 bits per heavy atom. The second-order valence-electron chi connectivity index (χ2n) is 3.57. The molecule has 13 heavy (non-hydrogen) atoms. The normalized spacial score (nSPS) is 12.1. The third kappa shape index (κ3) is 4.12. The number of hydrogen-bond donors (Lipinski definition) is 1. The van der Waals surface area contributed by atoms with Crippen LogP contribution in [-0.4, -0.2) is 56.0 Å². The van der Waals surface area contributed by atoms with Gasteiger partial charge in [-0.15, -0.1) is 0 Å². The minimum absolute atomic E-state index is 0.457. The number of rotatable bonds is 3. The SMILES string of the molecule is CC(C)N(C)C(=NCCN)N(C)C. The minimum atomic E-state index is 0.457. The maximum Gasteiger partial charge on any atom is 0.196 e. The second kappa shape index (κ2) is 5.80. The van der Waals surface area contributed by atoms with Crippen LogP contribution in [0.15, 0.2) is 4.99 Å². The Labute approximate surface area is 81.4 Å². The number of hydrogen-bond acceptors (Lipinski definition) is 2. The highest BCUT2D eigenvalue weighted by Gasteiger charge is 2.10. The van der Waals surface area contributed by atoms with E-state index < -0.39 is 0 Å². The van der Waals surface area contributed by atoms with Crippen LogP contribution in [0.1, 0.15) is 13.8 Å². The fourth-order valence-electron chi connectivity index (χ4n) is 0.964. The maximum absolute atomic E-state index is 5.41. The van der Waals surface area contributed by atoms with Crippen LogP contribution in [0.25, 0.3) is 0 Å². The molecule has 0 saturated heterocycles. The molecule has 0 heterocycles. The fourth-order valence-corrected chi connectivity index (χ4v) is 0.964. The smallest absolute Gasteiger partial charge is 0.196 e. The minimum Gasteiger partial charge on any atom is -0.349 e. The summed E-state index contributed by atoms with van der Waals surface area (Å²) >= 11 is 0. The van der Waals surface area contributed by atoms with Gasteiger partial charge in [-0.3, -0.25) is 4.99 Å². The lowest BCUT2D eigenvalue weighted by atomic mass is 10.3. The van der Waals surface area contributed by atoms with Crippen LogP contribution in [0, 0.1) is 0 Å². The van der Waals surface area contributed by atoms with Crippen molar-refractivity contribution in [3.63, 3.8) is 0 Å². The van der Waals surface area contributed by atoms with E-state index in [1.807, 2.05) is 26.0 Å². The number of nitrogens with two attached hydrogens (primary N) is 1. The van der Waals surface area contributed by atoms with Gasteiger partial charge in [0.1, 0.15) is 0 Å². The first-order chi connectivity index (χ1) is 6.00. The van der Waals surface area contributed by atoms with E-state index in [1.165, 1.54) is 0 Å². The topological polar surface area (TPSA) is 44.9 Å². The summed E-state index contributed by atoms with van der Waals surface area (Å²) in [5.41, 5.74) is 5.41. The highest BCUT2D eigenvalue weighted by Crippen LogP contribution is 1.98. The molecule has 0 saturated carbocycles. The van der Waals surface area contributed by atoms with Crippen molar-refractivity contribution in [3.8, 4) is 0 Å². The Bertz CT molecular complexity index is 163. The fraction of sp³-hybridized carbons (Fsp3) is 0.889. The number of guanidine groups is 1. The van der Waals surface area contributed by atoms with Gasteiger partial charge in [-0.1, -0.05) is 0 Å². The standard InChI is InChI=1S/C9H22N4/c1-8(2)13(5)9(12(3)4)11-7-6-10/h8H,6-7,10H2,1-5H3. The van der Waals surface area contributed by atoms with Gasteiger partial charge in [-0.05, 0) is 13.8 Å². The van der Waals surface area contributed by atoms with Crippen molar-refractivity contribution in [2.45, 2.75) is 19.9 Å². The molecule has 0 spiro atoms. The summed E-state index contributed by atoms with van der Waals surface area (Å²) in [5, 5.41) is 0. The molecule has 0 rings (SSSR count). The lowest BCUT2D eigenvalue weighted by molar-refractivity contribution is 0.363. The molecule has 0 aromatic heterocycles. The van der Waals surface area contributed by atoms with E-state index in [4.69, 9.17) is 5.73 Å². The predicted molar refractivity (Wildman–Crippen MR) is 57.9 cm³/mol. The van der Waals surface area contributed by atoms with Gasteiger partial charge in [0.2, 0.25) is 0 Å². The predicted octanol–water partition coefficient (Wildman–Crippen LogP) is 0.203. The van der Waals surface area contributed by atoms with Crippen molar-refractivity contribution in [1.82, 2.24) is 9.80 Å². The molecule has 0 aromatic rings. The van der Waals surface area contributed by atoms with Crippen molar-refractivity contribution in [2.75, 3.05) is 34.2 Å². The van der Waals surface area contributed by atoms with Crippen molar-refractivity contribution in [3.05, 3.63) is 0 Å². The van der Waals surface area contributed by atoms with Crippen molar-refractivity contribution < 1.29 is 0 Å². The highest BCUT2D eigenvalue weighted by molar-refractivity contribution is 5.79. The quantitative estimate of drug-likeness (QED) is 0.506. The van der Waals surface area contributed by atoms with Crippen LogP contribution < -0.4 is 5.73 Å². The summed E-state index contributed by atoms with van der Waals surface area (Å²) in [7, 11) is 6.03. The molecular formula is C9H22N4. The van der Waals surface area contributed by atoms with Crippen LogP contribution in [0.4, 0.5) is 0 Å². The molecule has 78 valence electrons. The molecule has 0 atom stereocenters. The summed E-state index contributed by atoms with van der Waals surface area (Å²) in [6.45, 7) is 5.57.